The lowest BCUT2D eigenvalue weighted by Gasteiger charge is -2.27. The number of piperidine rings is 1. The molecule has 0 radical (unpaired) electrons. The molecule has 2 aliphatic rings. The van der Waals surface area contributed by atoms with Crippen LogP contribution in [0.15, 0.2) is 30.6 Å². The standard InChI is InChI=1S/C23H32FN5/c1-28(15-18-6-8-25-9-7-18)17-20-13-27-23(14-26-20)21-12-19(4-5-22(21)24)16-29-10-2-3-11-29/h4-5,12-14,18,25H,2-3,6-11,15-17H2,1H3. The van der Waals surface area contributed by atoms with Crippen LogP contribution in [0, 0.1) is 11.7 Å². The highest BCUT2D eigenvalue weighted by atomic mass is 19.1. The Labute approximate surface area is 173 Å². The Hall–Kier alpha value is -1.89. The van der Waals surface area contributed by atoms with Gasteiger partial charge in [-0.25, -0.2) is 4.39 Å². The van der Waals surface area contributed by atoms with Crippen molar-refractivity contribution < 1.29 is 4.39 Å². The van der Waals surface area contributed by atoms with Crippen molar-refractivity contribution in [2.75, 3.05) is 39.8 Å². The molecule has 2 aromatic rings. The SMILES string of the molecule is CN(Cc1cnc(-c2cc(CN3CCCC3)ccc2F)cn1)CC1CCNCC1. The summed E-state index contributed by atoms with van der Waals surface area (Å²) >= 11 is 0. The highest BCUT2D eigenvalue weighted by Crippen LogP contribution is 2.23. The number of halogens is 1. The van der Waals surface area contributed by atoms with Crippen molar-refractivity contribution in [2.24, 2.45) is 5.92 Å². The molecule has 29 heavy (non-hydrogen) atoms. The van der Waals surface area contributed by atoms with Gasteiger partial charge in [0.05, 0.1) is 23.8 Å². The molecule has 1 aromatic carbocycles. The highest BCUT2D eigenvalue weighted by molar-refractivity contribution is 5.60. The van der Waals surface area contributed by atoms with E-state index in [9.17, 15) is 4.39 Å². The topological polar surface area (TPSA) is 44.3 Å². The van der Waals surface area contributed by atoms with Crippen molar-refractivity contribution in [2.45, 2.75) is 38.8 Å². The van der Waals surface area contributed by atoms with Crippen molar-refractivity contribution >= 4 is 0 Å². The van der Waals surface area contributed by atoms with E-state index in [2.05, 4.69) is 32.1 Å². The average molecular weight is 398 g/mol. The van der Waals surface area contributed by atoms with Crippen molar-refractivity contribution in [3.63, 3.8) is 0 Å². The molecule has 0 atom stereocenters. The van der Waals surface area contributed by atoms with Gasteiger partial charge in [-0.15, -0.1) is 0 Å². The van der Waals surface area contributed by atoms with E-state index in [1.54, 1.807) is 18.5 Å². The van der Waals surface area contributed by atoms with Gasteiger partial charge >= 0.3 is 0 Å². The second-order valence-electron chi connectivity index (χ2n) is 8.58. The lowest BCUT2D eigenvalue weighted by Crippen LogP contribution is -2.34. The molecule has 1 aromatic heterocycles. The van der Waals surface area contributed by atoms with Crippen LogP contribution in [0.25, 0.3) is 11.3 Å². The summed E-state index contributed by atoms with van der Waals surface area (Å²) in [6.45, 7) is 7.23. The van der Waals surface area contributed by atoms with Crippen LogP contribution >= 0.6 is 0 Å². The molecule has 2 aliphatic heterocycles. The van der Waals surface area contributed by atoms with Crippen LogP contribution in [0.1, 0.15) is 36.9 Å². The molecule has 4 rings (SSSR count). The molecule has 2 fully saturated rings. The molecule has 0 bridgehead atoms. The summed E-state index contributed by atoms with van der Waals surface area (Å²) in [6.07, 6.45) is 8.50. The number of hydrogen-bond acceptors (Lipinski definition) is 5. The molecule has 6 heteroatoms. The van der Waals surface area contributed by atoms with Crippen molar-refractivity contribution in [3.8, 4) is 11.3 Å². The zero-order valence-electron chi connectivity index (χ0n) is 17.4. The Morgan fingerprint density at radius 2 is 1.93 bits per heavy atom. The third kappa shape index (κ3) is 5.59. The zero-order valence-corrected chi connectivity index (χ0v) is 17.4. The monoisotopic (exact) mass is 397 g/mol. The Morgan fingerprint density at radius 3 is 2.66 bits per heavy atom. The average Bonchev–Trinajstić information content (AvgIpc) is 3.24. The number of benzene rings is 1. The maximum atomic E-state index is 14.4. The number of hydrogen-bond donors (Lipinski definition) is 1. The number of nitrogens with zero attached hydrogens (tertiary/aromatic N) is 4. The van der Waals surface area contributed by atoms with Gasteiger partial charge in [-0.05, 0) is 82.5 Å². The summed E-state index contributed by atoms with van der Waals surface area (Å²) in [5.41, 5.74) is 3.22. The van der Waals surface area contributed by atoms with Gasteiger partial charge in [0.15, 0.2) is 0 Å². The lowest BCUT2D eigenvalue weighted by molar-refractivity contribution is 0.232. The summed E-state index contributed by atoms with van der Waals surface area (Å²) < 4.78 is 14.4. The molecule has 156 valence electrons. The van der Waals surface area contributed by atoms with Crippen LogP contribution in [-0.2, 0) is 13.1 Å². The molecule has 0 spiro atoms. The van der Waals surface area contributed by atoms with E-state index in [0.29, 0.717) is 11.3 Å². The van der Waals surface area contributed by atoms with E-state index in [1.165, 1.54) is 25.7 Å². The van der Waals surface area contributed by atoms with Crippen LogP contribution in [0.4, 0.5) is 4.39 Å². The molecule has 0 amide bonds. The van der Waals surface area contributed by atoms with Gasteiger partial charge in [0.2, 0.25) is 0 Å². The van der Waals surface area contributed by atoms with Gasteiger partial charge in [0, 0.05) is 25.2 Å². The third-order valence-corrected chi connectivity index (χ3v) is 6.08. The van der Waals surface area contributed by atoms with Crippen LogP contribution in [0.5, 0.6) is 0 Å². The maximum absolute atomic E-state index is 14.4. The van der Waals surface area contributed by atoms with Gasteiger partial charge in [0.25, 0.3) is 0 Å². The third-order valence-electron chi connectivity index (χ3n) is 6.08. The van der Waals surface area contributed by atoms with Gasteiger partial charge in [0.1, 0.15) is 5.82 Å². The molecule has 0 aliphatic carbocycles. The van der Waals surface area contributed by atoms with Crippen LogP contribution in [-0.4, -0.2) is 59.5 Å². The number of aromatic nitrogens is 2. The molecule has 1 N–H and O–H groups in total. The largest absolute Gasteiger partial charge is 0.317 e. The van der Waals surface area contributed by atoms with E-state index in [0.717, 1.165) is 63.0 Å². The normalized spacial score (nSPS) is 18.6. The molecule has 2 saturated heterocycles. The van der Waals surface area contributed by atoms with Gasteiger partial charge < -0.3 is 10.2 Å². The summed E-state index contributed by atoms with van der Waals surface area (Å²) in [5.74, 6) is 0.515. The summed E-state index contributed by atoms with van der Waals surface area (Å²) in [4.78, 5) is 13.8. The maximum Gasteiger partial charge on any atom is 0.132 e. The molecule has 0 unspecified atom stereocenters. The lowest BCUT2D eigenvalue weighted by atomic mass is 9.98. The molecule has 0 saturated carbocycles. The van der Waals surface area contributed by atoms with Crippen LogP contribution in [0.2, 0.25) is 0 Å². The molecule has 5 nitrogen and oxygen atoms in total. The zero-order chi connectivity index (χ0) is 20.1. The van der Waals surface area contributed by atoms with Gasteiger partial charge in [-0.3, -0.25) is 14.9 Å². The predicted octanol–water partition coefficient (Wildman–Crippen LogP) is 3.31. The molecular formula is C23H32FN5. The van der Waals surface area contributed by atoms with E-state index in [1.807, 2.05) is 12.1 Å². The Bertz CT molecular complexity index is 782. The summed E-state index contributed by atoms with van der Waals surface area (Å²) in [7, 11) is 2.14. The van der Waals surface area contributed by atoms with Gasteiger partial charge in [-0.2, -0.15) is 0 Å². The van der Waals surface area contributed by atoms with Crippen molar-refractivity contribution in [3.05, 3.63) is 47.7 Å². The van der Waals surface area contributed by atoms with Gasteiger partial charge in [-0.1, -0.05) is 6.07 Å². The molecular weight excluding hydrogens is 365 g/mol. The van der Waals surface area contributed by atoms with E-state index >= 15 is 0 Å². The second-order valence-corrected chi connectivity index (χ2v) is 8.58. The fourth-order valence-electron chi connectivity index (χ4n) is 4.49. The summed E-state index contributed by atoms with van der Waals surface area (Å²) in [6, 6.07) is 5.37. The van der Waals surface area contributed by atoms with E-state index in [-0.39, 0.29) is 5.82 Å². The minimum Gasteiger partial charge on any atom is -0.317 e. The first-order valence-corrected chi connectivity index (χ1v) is 10.9. The second kappa shape index (κ2) is 9.74. The first-order valence-electron chi connectivity index (χ1n) is 10.9. The number of nitrogens with one attached hydrogen (secondary N) is 1. The fourth-order valence-corrected chi connectivity index (χ4v) is 4.49. The Morgan fingerprint density at radius 1 is 1.14 bits per heavy atom. The Balaban J connectivity index is 1.39. The van der Waals surface area contributed by atoms with Crippen LogP contribution < -0.4 is 5.32 Å². The first kappa shape index (κ1) is 20.4. The smallest absolute Gasteiger partial charge is 0.132 e. The molecule has 3 heterocycles. The van der Waals surface area contributed by atoms with Crippen molar-refractivity contribution in [1.29, 1.82) is 0 Å². The minimum absolute atomic E-state index is 0.236. The van der Waals surface area contributed by atoms with Crippen LogP contribution in [0.3, 0.4) is 0 Å². The Kier molecular flexibility index (Phi) is 6.85. The minimum atomic E-state index is -0.236. The fraction of sp³-hybridized carbons (Fsp3) is 0.565. The summed E-state index contributed by atoms with van der Waals surface area (Å²) in [5, 5.41) is 3.41. The highest BCUT2D eigenvalue weighted by Gasteiger charge is 2.16. The van der Waals surface area contributed by atoms with Crippen molar-refractivity contribution in [1.82, 2.24) is 25.1 Å². The quantitative estimate of drug-likeness (QED) is 0.777. The van der Waals surface area contributed by atoms with E-state index in [4.69, 9.17) is 0 Å². The predicted molar refractivity (Wildman–Crippen MR) is 114 cm³/mol. The first-order chi connectivity index (χ1) is 14.2. The number of likely N-dealkylation sites (tertiary alicyclic amines) is 1. The van der Waals surface area contributed by atoms with E-state index < -0.39 is 0 Å². The number of rotatable bonds is 7.